The van der Waals surface area contributed by atoms with E-state index in [1.165, 1.54) is 6.07 Å². The zero-order valence-electron chi connectivity index (χ0n) is 16.0. The summed E-state index contributed by atoms with van der Waals surface area (Å²) < 4.78 is 27.8. The predicted molar refractivity (Wildman–Crippen MR) is 116 cm³/mol. The Balaban J connectivity index is 1.71. The van der Waals surface area contributed by atoms with Crippen LogP contribution in [0.1, 0.15) is 23.2 Å². The van der Waals surface area contributed by atoms with E-state index in [0.717, 1.165) is 43.1 Å². The molecule has 5 nitrogen and oxygen atoms in total. The number of carbonyl (C=O) groups is 1. The standard InChI is InChI=1S/C20H21Cl2FN2O3S/c1-27-18-6-5-12(8-15(18)21)25-7-3-4-13(25)11-28-19-10-17(23)14(9-16(19)22)20(26)24-29-2/h5-6,8-10,13H,3-4,7,11H2,1-2H3,(H,24,26). The lowest BCUT2D eigenvalue weighted by atomic mass is 10.2. The van der Waals surface area contributed by atoms with E-state index < -0.39 is 11.7 Å². The molecule has 1 saturated heterocycles. The van der Waals surface area contributed by atoms with E-state index in [1.807, 2.05) is 18.2 Å². The van der Waals surface area contributed by atoms with Crippen LogP contribution in [0.4, 0.5) is 10.1 Å². The molecule has 1 aliphatic heterocycles. The van der Waals surface area contributed by atoms with Crippen LogP contribution in [0.3, 0.4) is 0 Å². The minimum atomic E-state index is -0.679. The first kappa shape index (κ1) is 21.9. The Morgan fingerprint density at radius 1 is 1.28 bits per heavy atom. The lowest BCUT2D eigenvalue weighted by Gasteiger charge is -2.27. The summed E-state index contributed by atoms with van der Waals surface area (Å²) in [5.74, 6) is -0.386. The van der Waals surface area contributed by atoms with Gasteiger partial charge in [0.15, 0.2) is 0 Å². The molecule has 1 heterocycles. The van der Waals surface area contributed by atoms with Gasteiger partial charge in [0.25, 0.3) is 5.91 Å². The largest absolute Gasteiger partial charge is 0.495 e. The molecule has 1 amide bonds. The highest BCUT2D eigenvalue weighted by Crippen LogP contribution is 2.34. The Labute approximate surface area is 183 Å². The molecule has 0 bridgehead atoms. The van der Waals surface area contributed by atoms with Gasteiger partial charge in [-0.1, -0.05) is 35.1 Å². The van der Waals surface area contributed by atoms with Crippen molar-refractivity contribution in [1.29, 1.82) is 0 Å². The summed E-state index contributed by atoms with van der Waals surface area (Å²) in [6.07, 6.45) is 3.61. The number of hydrogen-bond donors (Lipinski definition) is 1. The normalized spacial score (nSPS) is 16.0. The third kappa shape index (κ3) is 5.02. The number of halogens is 3. The van der Waals surface area contributed by atoms with Crippen LogP contribution in [0, 0.1) is 5.82 Å². The molecule has 0 aliphatic carbocycles. The summed E-state index contributed by atoms with van der Waals surface area (Å²) in [6, 6.07) is 8.19. The smallest absolute Gasteiger partial charge is 0.264 e. The van der Waals surface area contributed by atoms with E-state index >= 15 is 0 Å². The second kappa shape index (κ2) is 9.78. The quantitative estimate of drug-likeness (QED) is 0.578. The SMILES string of the molecule is COc1ccc(N2CCCC2COc2cc(F)c(C(=O)NSC)cc2Cl)cc1Cl. The Kier molecular flexibility index (Phi) is 7.38. The Morgan fingerprint density at radius 2 is 2.03 bits per heavy atom. The molecule has 1 N–H and O–H groups in total. The highest BCUT2D eigenvalue weighted by atomic mass is 35.5. The average Bonchev–Trinajstić information content (AvgIpc) is 3.17. The number of ether oxygens (including phenoxy) is 2. The van der Waals surface area contributed by atoms with E-state index in [-0.39, 0.29) is 22.4 Å². The van der Waals surface area contributed by atoms with Crippen LogP contribution < -0.4 is 19.1 Å². The maximum atomic E-state index is 14.3. The van der Waals surface area contributed by atoms with E-state index in [0.29, 0.717) is 17.4 Å². The second-order valence-corrected chi connectivity index (χ2v) is 7.94. The summed E-state index contributed by atoms with van der Waals surface area (Å²) in [5, 5.41) is 0.732. The molecule has 0 spiro atoms. The lowest BCUT2D eigenvalue weighted by Crippen LogP contribution is -2.34. The maximum absolute atomic E-state index is 14.3. The molecule has 156 valence electrons. The fourth-order valence-electron chi connectivity index (χ4n) is 3.33. The first-order valence-corrected chi connectivity index (χ1v) is 11.0. The summed E-state index contributed by atoms with van der Waals surface area (Å²) in [6.45, 7) is 1.20. The molecule has 9 heteroatoms. The van der Waals surface area contributed by atoms with Gasteiger partial charge in [-0.25, -0.2) is 4.39 Å². The number of amides is 1. The van der Waals surface area contributed by atoms with Gasteiger partial charge < -0.3 is 14.4 Å². The van der Waals surface area contributed by atoms with Gasteiger partial charge in [0.05, 0.1) is 28.8 Å². The van der Waals surface area contributed by atoms with Gasteiger partial charge in [-0.15, -0.1) is 0 Å². The number of nitrogens with one attached hydrogen (secondary N) is 1. The fraction of sp³-hybridized carbons (Fsp3) is 0.350. The molecule has 0 saturated carbocycles. The number of rotatable bonds is 7. The van der Waals surface area contributed by atoms with Crippen LogP contribution in [0.5, 0.6) is 11.5 Å². The van der Waals surface area contributed by atoms with Crippen molar-refractivity contribution in [2.45, 2.75) is 18.9 Å². The van der Waals surface area contributed by atoms with Crippen molar-refractivity contribution in [3.63, 3.8) is 0 Å². The minimum absolute atomic E-state index is 0.0954. The molecule has 2 aromatic rings. The van der Waals surface area contributed by atoms with Gasteiger partial charge >= 0.3 is 0 Å². The maximum Gasteiger partial charge on any atom is 0.264 e. The number of carbonyl (C=O) groups excluding carboxylic acids is 1. The van der Waals surface area contributed by atoms with Crippen molar-refractivity contribution >= 4 is 46.7 Å². The molecule has 1 unspecified atom stereocenters. The fourth-order valence-corrected chi connectivity index (χ4v) is 4.10. The van der Waals surface area contributed by atoms with Gasteiger partial charge in [-0.05, 0) is 37.1 Å². The molecule has 1 fully saturated rings. The summed E-state index contributed by atoms with van der Waals surface area (Å²) in [4.78, 5) is 14.1. The Morgan fingerprint density at radius 3 is 2.72 bits per heavy atom. The first-order chi connectivity index (χ1) is 13.9. The molecule has 1 aliphatic rings. The number of methoxy groups -OCH3 is 1. The molecule has 2 aromatic carbocycles. The lowest BCUT2D eigenvalue weighted by molar-refractivity contribution is 0.0980. The van der Waals surface area contributed by atoms with Crippen LogP contribution in [-0.2, 0) is 0 Å². The monoisotopic (exact) mass is 458 g/mol. The van der Waals surface area contributed by atoms with Crippen LogP contribution in [0.15, 0.2) is 30.3 Å². The van der Waals surface area contributed by atoms with Gasteiger partial charge in [-0.2, -0.15) is 0 Å². The Bertz CT molecular complexity index is 900. The van der Waals surface area contributed by atoms with Crippen molar-refractivity contribution in [3.8, 4) is 11.5 Å². The van der Waals surface area contributed by atoms with Gasteiger partial charge in [0.1, 0.15) is 23.9 Å². The highest BCUT2D eigenvalue weighted by Gasteiger charge is 2.26. The molecule has 0 radical (unpaired) electrons. The van der Waals surface area contributed by atoms with E-state index in [1.54, 1.807) is 13.4 Å². The van der Waals surface area contributed by atoms with Crippen LogP contribution >= 0.6 is 35.1 Å². The molecule has 29 heavy (non-hydrogen) atoms. The van der Waals surface area contributed by atoms with Crippen molar-refractivity contribution in [2.75, 3.05) is 31.4 Å². The number of hydrogen-bond acceptors (Lipinski definition) is 5. The van der Waals surface area contributed by atoms with Crippen LogP contribution in [0.25, 0.3) is 0 Å². The highest BCUT2D eigenvalue weighted by molar-refractivity contribution is 7.97. The molecular weight excluding hydrogens is 438 g/mol. The summed E-state index contributed by atoms with van der Waals surface area (Å²) in [5.41, 5.74) is 0.857. The van der Waals surface area contributed by atoms with Gasteiger partial charge in [-0.3, -0.25) is 9.52 Å². The van der Waals surface area contributed by atoms with Crippen LogP contribution in [0.2, 0.25) is 10.0 Å². The molecule has 3 rings (SSSR count). The predicted octanol–water partition coefficient (Wildman–Crippen LogP) is 5.20. The number of nitrogens with zero attached hydrogens (tertiary/aromatic N) is 1. The Hall–Kier alpha value is -1.83. The van der Waals surface area contributed by atoms with Crippen molar-refractivity contribution in [1.82, 2.24) is 4.72 Å². The van der Waals surface area contributed by atoms with Crippen molar-refractivity contribution < 1.29 is 18.7 Å². The van der Waals surface area contributed by atoms with Crippen LogP contribution in [-0.4, -0.2) is 38.5 Å². The molecular formula is C20H21Cl2FN2O3S. The summed E-state index contributed by atoms with van der Waals surface area (Å²) >= 11 is 13.6. The van der Waals surface area contributed by atoms with Crippen molar-refractivity contribution in [2.24, 2.45) is 0 Å². The van der Waals surface area contributed by atoms with Gasteiger partial charge in [0, 0.05) is 24.6 Å². The minimum Gasteiger partial charge on any atom is -0.495 e. The number of benzene rings is 2. The first-order valence-electron chi connectivity index (χ1n) is 9.00. The van der Waals surface area contributed by atoms with E-state index in [4.69, 9.17) is 32.7 Å². The van der Waals surface area contributed by atoms with E-state index in [2.05, 4.69) is 9.62 Å². The van der Waals surface area contributed by atoms with Gasteiger partial charge in [0.2, 0.25) is 0 Å². The average molecular weight is 459 g/mol. The topological polar surface area (TPSA) is 50.8 Å². The summed E-state index contributed by atoms with van der Waals surface area (Å²) in [7, 11) is 1.58. The zero-order chi connectivity index (χ0) is 21.0. The van der Waals surface area contributed by atoms with E-state index in [9.17, 15) is 9.18 Å². The molecule has 0 aromatic heterocycles. The van der Waals surface area contributed by atoms with Crippen molar-refractivity contribution in [3.05, 3.63) is 51.8 Å². The third-order valence-corrected chi connectivity index (χ3v) is 5.72. The number of anilines is 1. The third-order valence-electron chi connectivity index (χ3n) is 4.74. The zero-order valence-corrected chi connectivity index (χ0v) is 18.3. The second-order valence-electron chi connectivity index (χ2n) is 6.52. The molecule has 1 atom stereocenters.